The largest absolute Gasteiger partial charge is 0.507 e. The number of amides is 1. The zero-order valence-corrected chi connectivity index (χ0v) is 15.2. The molecule has 5 nitrogen and oxygen atoms in total. The molecule has 0 aliphatic carbocycles. The molecule has 0 unspecified atom stereocenters. The maximum atomic E-state index is 14.5. The van der Waals surface area contributed by atoms with Crippen LogP contribution in [0, 0.1) is 11.6 Å². The Morgan fingerprint density at radius 2 is 1.79 bits per heavy atom. The average molecular weight is 387 g/mol. The van der Waals surface area contributed by atoms with E-state index in [1.807, 2.05) is 0 Å². The third-order valence-corrected chi connectivity index (χ3v) is 4.60. The van der Waals surface area contributed by atoms with E-state index in [0.717, 1.165) is 12.1 Å². The van der Waals surface area contributed by atoms with Crippen LogP contribution < -0.4 is 0 Å². The van der Waals surface area contributed by atoms with Crippen molar-refractivity contribution in [3.05, 3.63) is 76.9 Å². The van der Waals surface area contributed by atoms with E-state index in [2.05, 4.69) is 0 Å². The molecule has 1 atom stereocenters. The van der Waals surface area contributed by atoms with Gasteiger partial charge in [-0.3, -0.25) is 9.59 Å². The highest BCUT2D eigenvalue weighted by molar-refractivity contribution is 6.46. The number of nitrogens with zero attached hydrogens (tertiary/aromatic N) is 1. The molecule has 2 aromatic rings. The van der Waals surface area contributed by atoms with Crippen LogP contribution in [-0.4, -0.2) is 42.0 Å². The van der Waals surface area contributed by atoms with E-state index in [4.69, 9.17) is 4.74 Å². The summed E-state index contributed by atoms with van der Waals surface area (Å²) in [6.45, 7) is 0.503. The number of hydrogen-bond donors (Lipinski definition) is 1. The van der Waals surface area contributed by atoms with Gasteiger partial charge in [-0.1, -0.05) is 18.2 Å². The summed E-state index contributed by atoms with van der Waals surface area (Å²) in [5, 5.41) is 10.7. The molecule has 3 rings (SSSR count). The van der Waals surface area contributed by atoms with Gasteiger partial charge in [0.1, 0.15) is 17.4 Å². The number of aliphatic hydroxyl groups is 1. The highest BCUT2D eigenvalue weighted by atomic mass is 19.1. The molecule has 2 aromatic carbocycles. The highest BCUT2D eigenvalue weighted by Gasteiger charge is 2.46. The zero-order chi connectivity index (χ0) is 20.3. The quantitative estimate of drug-likeness (QED) is 0.357. The van der Waals surface area contributed by atoms with Crippen LogP contribution in [0.15, 0.2) is 54.1 Å². The second-order valence-corrected chi connectivity index (χ2v) is 6.37. The van der Waals surface area contributed by atoms with Gasteiger partial charge in [0.25, 0.3) is 11.7 Å². The molecule has 1 fully saturated rings. The lowest BCUT2D eigenvalue weighted by molar-refractivity contribution is -0.140. The Hall–Kier alpha value is -3.06. The number of ether oxygens (including phenoxy) is 1. The lowest BCUT2D eigenvalue weighted by Crippen LogP contribution is -2.31. The van der Waals surface area contributed by atoms with Gasteiger partial charge in [0.05, 0.1) is 11.6 Å². The summed E-state index contributed by atoms with van der Waals surface area (Å²) >= 11 is 0. The zero-order valence-electron chi connectivity index (χ0n) is 15.2. The lowest BCUT2D eigenvalue weighted by atomic mass is 9.95. The van der Waals surface area contributed by atoms with Crippen LogP contribution in [0.4, 0.5) is 8.78 Å². The van der Waals surface area contributed by atoms with Gasteiger partial charge in [-0.2, -0.15) is 0 Å². The third kappa shape index (κ3) is 3.66. The predicted octanol–water partition coefficient (Wildman–Crippen LogP) is 3.42. The van der Waals surface area contributed by atoms with Gasteiger partial charge in [0, 0.05) is 31.4 Å². The van der Waals surface area contributed by atoms with Crippen molar-refractivity contribution in [3.63, 3.8) is 0 Å². The van der Waals surface area contributed by atoms with Gasteiger partial charge in [-0.15, -0.1) is 0 Å². The molecule has 146 valence electrons. The van der Waals surface area contributed by atoms with E-state index in [0.29, 0.717) is 13.0 Å². The number of carbonyl (C=O) groups is 2. The highest BCUT2D eigenvalue weighted by Crippen LogP contribution is 2.40. The first-order valence-corrected chi connectivity index (χ1v) is 8.73. The molecular formula is C21H19F2NO4. The van der Waals surface area contributed by atoms with Crippen LogP contribution in [0.5, 0.6) is 0 Å². The smallest absolute Gasteiger partial charge is 0.295 e. The minimum absolute atomic E-state index is 0.0998. The van der Waals surface area contributed by atoms with Gasteiger partial charge < -0.3 is 14.7 Å². The Labute approximate surface area is 160 Å². The number of hydrogen-bond acceptors (Lipinski definition) is 4. The van der Waals surface area contributed by atoms with Crippen molar-refractivity contribution >= 4 is 17.4 Å². The predicted molar refractivity (Wildman–Crippen MR) is 98.3 cm³/mol. The van der Waals surface area contributed by atoms with E-state index < -0.39 is 35.1 Å². The van der Waals surface area contributed by atoms with E-state index in [-0.39, 0.29) is 23.2 Å². The first-order valence-electron chi connectivity index (χ1n) is 8.73. The topological polar surface area (TPSA) is 66.8 Å². The summed E-state index contributed by atoms with van der Waals surface area (Å²) in [6.07, 6.45) is 0.436. The summed E-state index contributed by atoms with van der Waals surface area (Å²) in [5.41, 5.74) is 0.0412. The number of carbonyl (C=O) groups excluding carboxylic acids is 2. The molecule has 1 aliphatic heterocycles. The SMILES string of the molecule is COCCCN1C(=O)C(=O)C(=C(O)c2ccc(F)cc2)[C@@H]1c1ccccc1F. The summed E-state index contributed by atoms with van der Waals surface area (Å²) in [7, 11) is 1.51. The Balaban J connectivity index is 2.14. The van der Waals surface area contributed by atoms with E-state index >= 15 is 0 Å². The molecular weight excluding hydrogens is 368 g/mol. The van der Waals surface area contributed by atoms with Gasteiger partial charge in [-0.25, -0.2) is 8.78 Å². The Bertz CT molecular complexity index is 924. The van der Waals surface area contributed by atoms with Crippen molar-refractivity contribution in [1.29, 1.82) is 0 Å². The molecule has 1 N–H and O–H groups in total. The van der Waals surface area contributed by atoms with Crippen LogP contribution in [0.1, 0.15) is 23.6 Å². The second kappa shape index (κ2) is 8.31. The van der Waals surface area contributed by atoms with Crippen molar-refractivity contribution in [2.24, 2.45) is 0 Å². The third-order valence-electron chi connectivity index (χ3n) is 4.60. The van der Waals surface area contributed by atoms with Gasteiger partial charge >= 0.3 is 0 Å². The molecule has 1 amide bonds. The number of likely N-dealkylation sites (tertiary alicyclic amines) is 1. The summed E-state index contributed by atoms with van der Waals surface area (Å²) < 4.78 is 32.7. The standard InChI is InChI=1S/C21H19F2NO4/c1-28-12-4-11-24-18(15-5-2-3-6-16(15)23)17(20(26)21(24)27)19(25)13-7-9-14(22)10-8-13/h2-3,5-10,18,25H,4,11-12H2,1H3/t18-/m0/s1. The van der Waals surface area contributed by atoms with Crippen molar-refractivity contribution in [2.75, 3.05) is 20.3 Å². The molecule has 28 heavy (non-hydrogen) atoms. The van der Waals surface area contributed by atoms with Crippen LogP contribution in [-0.2, 0) is 14.3 Å². The second-order valence-electron chi connectivity index (χ2n) is 6.37. The maximum Gasteiger partial charge on any atom is 0.295 e. The number of aliphatic hydroxyl groups excluding tert-OH is 1. The maximum absolute atomic E-state index is 14.5. The number of methoxy groups -OCH3 is 1. The molecule has 1 saturated heterocycles. The molecule has 0 bridgehead atoms. The Kier molecular flexibility index (Phi) is 5.84. The van der Waals surface area contributed by atoms with Crippen LogP contribution in [0.3, 0.4) is 0 Å². The normalized spacial score (nSPS) is 18.7. The summed E-state index contributed by atoms with van der Waals surface area (Å²) in [6, 6.07) is 9.53. The van der Waals surface area contributed by atoms with E-state index in [1.54, 1.807) is 6.07 Å². The van der Waals surface area contributed by atoms with E-state index in [9.17, 15) is 23.5 Å². The molecule has 1 aliphatic rings. The fraction of sp³-hybridized carbons (Fsp3) is 0.238. The van der Waals surface area contributed by atoms with Gasteiger partial charge in [0.15, 0.2) is 0 Å². The number of halogens is 2. The summed E-state index contributed by atoms with van der Waals surface area (Å²) in [4.78, 5) is 26.5. The molecule has 0 radical (unpaired) electrons. The fourth-order valence-corrected chi connectivity index (χ4v) is 3.27. The Morgan fingerprint density at radius 3 is 2.43 bits per heavy atom. The van der Waals surface area contributed by atoms with E-state index in [1.165, 1.54) is 42.3 Å². The number of ketones is 1. The molecule has 0 aromatic heterocycles. The van der Waals surface area contributed by atoms with Crippen LogP contribution in [0.2, 0.25) is 0 Å². The minimum Gasteiger partial charge on any atom is -0.507 e. The fourth-order valence-electron chi connectivity index (χ4n) is 3.27. The van der Waals surface area contributed by atoms with Crippen molar-refractivity contribution in [1.82, 2.24) is 4.90 Å². The van der Waals surface area contributed by atoms with Crippen molar-refractivity contribution in [2.45, 2.75) is 12.5 Å². The first kappa shape index (κ1) is 19.7. The number of Topliss-reactive ketones (excluding diaryl/α,β-unsaturated/α-hetero) is 1. The monoisotopic (exact) mass is 387 g/mol. The van der Waals surface area contributed by atoms with Gasteiger partial charge in [0.2, 0.25) is 0 Å². The Morgan fingerprint density at radius 1 is 1.11 bits per heavy atom. The minimum atomic E-state index is -1.08. The van der Waals surface area contributed by atoms with Crippen molar-refractivity contribution < 1.29 is 28.2 Å². The molecule has 7 heteroatoms. The van der Waals surface area contributed by atoms with Crippen LogP contribution in [0.25, 0.3) is 5.76 Å². The van der Waals surface area contributed by atoms with Gasteiger partial charge in [-0.05, 0) is 36.8 Å². The molecule has 1 heterocycles. The summed E-state index contributed by atoms with van der Waals surface area (Å²) in [5.74, 6) is -3.32. The molecule has 0 spiro atoms. The lowest BCUT2D eigenvalue weighted by Gasteiger charge is -2.25. The number of rotatable bonds is 6. The first-order chi connectivity index (χ1) is 13.5. The van der Waals surface area contributed by atoms with Crippen molar-refractivity contribution in [3.8, 4) is 0 Å². The number of benzene rings is 2. The van der Waals surface area contributed by atoms with Crippen LogP contribution >= 0.6 is 0 Å². The molecule has 0 saturated carbocycles. The average Bonchev–Trinajstić information content (AvgIpc) is 2.93.